The number of carbonyl (C=O) groups is 1. The van der Waals surface area contributed by atoms with Crippen molar-refractivity contribution in [2.75, 3.05) is 13.1 Å². The maximum atomic E-state index is 12.7. The molecule has 0 bridgehead atoms. The highest BCUT2D eigenvalue weighted by Gasteiger charge is 2.27. The summed E-state index contributed by atoms with van der Waals surface area (Å²) in [6, 6.07) is 7.83. The van der Waals surface area contributed by atoms with Crippen LogP contribution in [0.5, 0.6) is 0 Å². The zero-order valence-electron chi connectivity index (χ0n) is 14.9. The summed E-state index contributed by atoms with van der Waals surface area (Å²) in [4.78, 5) is 26.7. The predicted molar refractivity (Wildman–Crippen MR) is 99.0 cm³/mol. The van der Waals surface area contributed by atoms with E-state index in [0.717, 1.165) is 55.3 Å². The van der Waals surface area contributed by atoms with Crippen LogP contribution < -0.4 is 0 Å². The van der Waals surface area contributed by atoms with Gasteiger partial charge in [0.05, 0.1) is 17.8 Å². The van der Waals surface area contributed by atoms with E-state index in [1.54, 1.807) is 0 Å². The van der Waals surface area contributed by atoms with E-state index < -0.39 is 0 Å². The van der Waals surface area contributed by atoms with Crippen molar-refractivity contribution in [3.05, 3.63) is 71.8 Å². The number of aromatic amines is 1. The Kier molecular flexibility index (Phi) is 4.56. The molecule has 0 atom stereocenters. The Morgan fingerprint density at radius 1 is 1.19 bits per heavy atom. The van der Waals surface area contributed by atoms with E-state index >= 15 is 0 Å². The average Bonchev–Trinajstić information content (AvgIpc) is 3.31. The number of amides is 1. The number of nitrogens with zero attached hydrogens (tertiary/aromatic N) is 4. The number of piperidine rings is 1. The molecule has 4 heterocycles. The van der Waals surface area contributed by atoms with Gasteiger partial charge in [0.15, 0.2) is 0 Å². The highest BCUT2D eigenvalue weighted by atomic mass is 16.2. The van der Waals surface area contributed by atoms with Crippen molar-refractivity contribution in [1.29, 1.82) is 0 Å². The van der Waals surface area contributed by atoms with Crippen molar-refractivity contribution in [3.8, 4) is 0 Å². The van der Waals surface area contributed by atoms with Gasteiger partial charge in [0.1, 0.15) is 5.82 Å². The van der Waals surface area contributed by atoms with Gasteiger partial charge in [0.2, 0.25) is 0 Å². The molecule has 1 amide bonds. The van der Waals surface area contributed by atoms with Gasteiger partial charge in [-0.2, -0.15) is 0 Å². The molecule has 0 spiro atoms. The lowest BCUT2D eigenvalue weighted by atomic mass is 9.95. The first kappa shape index (κ1) is 16.6. The number of aryl methyl sites for hydroxylation is 1. The minimum Gasteiger partial charge on any atom is -0.365 e. The molecule has 1 aliphatic rings. The van der Waals surface area contributed by atoms with Crippen molar-refractivity contribution < 1.29 is 4.79 Å². The van der Waals surface area contributed by atoms with Gasteiger partial charge in [-0.25, -0.2) is 4.98 Å². The summed E-state index contributed by atoms with van der Waals surface area (Å²) in [6.45, 7) is 4.21. The fourth-order valence-corrected chi connectivity index (χ4v) is 3.68. The molecule has 0 saturated carbocycles. The number of pyridine rings is 1. The molecule has 134 valence electrons. The van der Waals surface area contributed by atoms with Gasteiger partial charge in [-0.3, -0.25) is 9.78 Å². The number of carbonyl (C=O) groups excluding carboxylic acids is 1. The van der Waals surface area contributed by atoms with Crippen LogP contribution in [0.3, 0.4) is 0 Å². The number of H-pyrrole nitrogens is 1. The molecule has 26 heavy (non-hydrogen) atoms. The number of nitrogens with one attached hydrogen (secondary N) is 1. The second kappa shape index (κ2) is 7.15. The average molecular weight is 349 g/mol. The van der Waals surface area contributed by atoms with Crippen LogP contribution in [0, 0.1) is 6.92 Å². The third-order valence-electron chi connectivity index (χ3n) is 5.14. The fourth-order valence-electron chi connectivity index (χ4n) is 3.68. The summed E-state index contributed by atoms with van der Waals surface area (Å²) in [6.07, 6.45) is 9.40. The summed E-state index contributed by atoms with van der Waals surface area (Å²) >= 11 is 0. The Morgan fingerprint density at radius 3 is 2.73 bits per heavy atom. The quantitative estimate of drug-likeness (QED) is 0.787. The molecule has 1 N–H and O–H groups in total. The van der Waals surface area contributed by atoms with Crippen molar-refractivity contribution in [3.63, 3.8) is 0 Å². The van der Waals surface area contributed by atoms with E-state index in [0.29, 0.717) is 5.92 Å². The van der Waals surface area contributed by atoms with Crippen LogP contribution in [-0.4, -0.2) is 43.4 Å². The number of likely N-dealkylation sites (tertiary alicyclic amines) is 1. The Hall–Kier alpha value is -2.89. The van der Waals surface area contributed by atoms with Crippen molar-refractivity contribution in [2.24, 2.45) is 0 Å². The van der Waals surface area contributed by atoms with Crippen LogP contribution in [0.15, 0.2) is 49.1 Å². The van der Waals surface area contributed by atoms with E-state index in [4.69, 9.17) is 0 Å². The second-order valence-corrected chi connectivity index (χ2v) is 6.82. The molecule has 3 aromatic rings. The standard InChI is InChI=1S/C20H23N5O/c1-15-18(5-9-21-15)20(26)24-11-6-16(7-12-24)19-23-10-13-25(19)14-17-4-2-3-8-22-17/h2-5,8-10,13,16,21H,6-7,11-12,14H2,1H3. The first-order chi connectivity index (χ1) is 12.7. The van der Waals surface area contributed by atoms with Gasteiger partial charge in [0.25, 0.3) is 5.91 Å². The molecule has 0 unspecified atom stereocenters. The molecule has 0 radical (unpaired) electrons. The summed E-state index contributed by atoms with van der Waals surface area (Å²) in [5.74, 6) is 1.60. The zero-order chi connectivity index (χ0) is 17.9. The molecule has 6 nitrogen and oxygen atoms in total. The minimum atomic E-state index is 0.124. The van der Waals surface area contributed by atoms with Gasteiger partial charge < -0.3 is 14.5 Å². The lowest BCUT2D eigenvalue weighted by Crippen LogP contribution is -2.38. The van der Waals surface area contributed by atoms with Gasteiger partial charge in [-0.15, -0.1) is 0 Å². The largest absolute Gasteiger partial charge is 0.365 e. The first-order valence-corrected chi connectivity index (χ1v) is 9.06. The topological polar surface area (TPSA) is 66.8 Å². The summed E-state index contributed by atoms with van der Waals surface area (Å²) in [7, 11) is 0. The SMILES string of the molecule is Cc1[nH]ccc1C(=O)N1CCC(c2nccn2Cc2ccccn2)CC1. The summed E-state index contributed by atoms with van der Waals surface area (Å²) in [5.41, 5.74) is 2.74. The van der Waals surface area contributed by atoms with E-state index in [1.165, 1.54) is 0 Å². The lowest BCUT2D eigenvalue weighted by molar-refractivity contribution is 0.0710. The van der Waals surface area contributed by atoms with Gasteiger partial charge in [0, 0.05) is 49.5 Å². The molecule has 6 heteroatoms. The van der Waals surface area contributed by atoms with Crippen LogP contribution in [0.1, 0.15) is 46.3 Å². The molecule has 3 aromatic heterocycles. The van der Waals surface area contributed by atoms with Crippen molar-refractivity contribution in [2.45, 2.75) is 32.2 Å². The van der Waals surface area contributed by atoms with Crippen LogP contribution in [0.2, 0.25) is 0 Å². The van der Waals surface area contributed by atoms with Crippen molar-refractivity contribution in [1.82, 2.24) is 24.4 Å². The number of imidazole rings is 1. The van der Waals surface area contributed by atoms with Crippen molar-refractivity contribution >= 4 is 5.91 Å². The number of hydrogen-bond donors (Lipinski definition) is 1. The Bertz CT molecular complexity index is 875. The van der Waals surface area contributed by atoms with Crippen LogP contribution >= 0.6 is 0 Å². The summed E-state index contributed by atoms with van der Waals surface area (Å²) in [5, 5.41) is 0. The van der Waals surface area contributed by atoms with Crippen LogP contribution in [0.25, 0.3) is 0 Å². The maximum Gasteiger partial charge on any atom is 0.255 e. The Morgan fingerprint density at radius 2 is 2.04 bits per heavy atom. The molecular formula is C20H23N5O. The highest BCUT2D eigenvalue weighted by molar-refractivity contribution is 5.95. The van der Waals surface area contributed by atoms with E-state index in [2.05, 4.69) is 19.5 Å². The first-order valence-electron chi connectivity index (χ1n) is 9.06. The number of rotatable bonds is 4. The maximum absolute atomic E-state index is 12.7. The third-order valence-corrected chi connectivity index (χ3v) is 5.14. The monoisotopic (exact) mass is 349 g/mol. The second-order valence-electron chi connectivity index (χ2n) is 6.82. The number of hydrogen-bond acceptors (Lipinski definition) is 3. The molecule has 0 aromatic carbocycles. The highest BCUT2D eigenvalue weighted by Crippen LogP contribution is 2.28. The molecular weight excluding hydrogens is 326 g/mol. The molecule has 4 rings (SSSR count). The summed E-state index contributed by atoms with van der Waals surface area (Å²) < 4.78 is 2.18. The Balaban J connectivity index is 1.42. The minimum absolute atomic E-state index is 0.124. The smallest absolute Gasteiger partial charge is 0.255 e. The van der Waals surface area contributed by atoms with Gasteiger partial charge in [-0.05, 0) is 38.0 Å². The lowest BCUT2D eigenvalue weighted by Gasteiger charge is -2.32. The molecule has 0 aliphatic carbocycles. The zero-order valence-corrected chi connectivity index (χ0v) is 14.9. The predicted octanol–water partition coefficient (Wildman–Crippen LogP) is 2.98. The number of aromatic nitrogens is 4. The Labute approximate surface area is 152 Å². The third kappa shape index (κ3) is 3.27. The van der Waals surface area contributed by atoms with E-state index in [1.807, 2.05) is 60.9 Å². The van der Waals surface area contributed by atoms with Crippen LogP contribution in [-0.2, 0) is 6.54 Å². The van der Waals surface area contributed by atoms with E-state index in [9.17, 15) is 4.79 Å². The normalized spacial score (nSPS) is 15.3. The van der Waals surface area contributed by atoms with Gasteiger partial charge in [-0.1, -0.05) is 6.07 Å². The fraction of sp³-hybridized carbons (Fsp3) is 0.350. The molecule has 1 fully saturated rings. The van der Waals surface area contributed by atoms with E-state index in [-0.39, 0.29) is 5.91 Å². The van der Waals surface area contributed by atoms with Crippen LogP contribution in [0.4, 0.5) is 0 Å². The molecule has 1 saturated heterocycles. The molecule has 1 aliphatic heterocycles. The van der Waals surface area contributed by atoms with Gasteiger partial charge >= 0.3 is 0 Å².